The maximum absolute atomic E-state index is 8.83. The van der Waals surface area contributed by atoms with Crippen molar-refractivity contribution in [2.24, 2.45) is 5.92 Å². The summed E-state index contributed by atoms with van der Waals surface area (Å²) in [5, 5.41) is 8.83. The van der Waals surface area contributed by atoms with Crippen molar-refractivity contribution in [3.8, 4) is 5.75 Å². The second-order valence-electron chi connectivity index (χ2n) is 3.59. The van der Waals surface area contributed by atoms with E-state index in [2.05, 4.69) is 0 Å². The van der Waals surface area contributed by atoms with Crippen LogP contribution < -0.4 is 10.5 Å². The number of para-hydroxylation sites is 1. The molecule has 0 saturated carbocycles. The van der Waals surface area contributed by atoms with Gasteiger partial charge in [-0.15, -0.1) is 0 Å². The first kappa shape index (κ1) is 10.9. The summed E-state index contributed by atoms with van der Waals surface area (Å²) in [4.78, 5) is 0. The van der Waals surface area contributed by atoms with Gasteiger partial charge in [0.1, 0.15) is 5.75 Å². The Kier molecular flexibility index (Phi) is 3.77. The molecule has 0 aliphatic rings. The highest BCUT2D eigenvalue weighted by Gasteiger charge is 2.05. The van der Waals surface area contributed by atoms with Crippen LogP contribution in [0.4, 0.5) is 5.69 Å². The highest BCUT2D eigenvalue weighted by Crippen LogP contribution is 2.24. The summed E-state index contributed by atoms with van der Waals surface area (Å²) in [6, 6.07) is 5.69. The number of hydrogen-bond donors (Lipinski definition) is 2. The Labute approximate surface area is 84.5 Å². The molecule has 1 rings (SSSR count). The molecule has 0 saturated heterocycles. The van der Waals surface area contributed by atoms with Gasteiger partial charge in [-0.3, -0.25) is 0 Å². The van der Waals surface area contributed by atoms with Crippen LogP contribution >= 0.6 is 0 Å². The van der Waals surface area contributed by atoms with Gasteiger partial charge in [0.05, 0.1) is 12.3 Å². The summed E-state index contributed by atoms with van der Waals surface area (Å²) < 4.78 is 5.49. The molecule has 0 radical (unpaired) electrons. The number of anilines is 1. The Morgan fingerprint density at radius 1 is 1.50 bits per heavy atom. The van der Waals surface area contributed by atoms with Crippen molar-refractivity contribution < 1.29 is 9.84 Å². The summed E-state index contributed by atoms with van der Waals surface area (Å²) >= 11 is 0. The van der Waals surface area contributed by atoms with Crippen LogP contribution in [0, 0.1) is 12.8 Å². The minimum atomic E-state index is 0.131. The standard InChI is InChI=1S/C11H17NO2/c1-8(6-13)7-14-10-5-3-4-9(2)11(10)12/h3-5,8,13H,6-7,12H2,1-2H3. The smallest absolute Gasteiger partial charge is 0.142 e. The van der Waals surface area contributed by atoms with E-state index in [1.165, 1.54) is 0 Å². The van der Waals surface area contributed by atoms with Crippen molar-refractivity contribution >= 4 is 5.69 Å². The first-order valence-corrected chi connectivity index (χ1v) is 4.74. The van der Waals surface area contributed by atoms with Crippen LogP contribution in [-0.2, 0) is 0 Å². The Balaban J connectivity index is 2.63. The van der Waals surface area contributed by atoms with E-state index in [1.54, 1.807) is 0 Å². The van der Waals surface area contributed by atoms with E-state index in [1.807, 2.05) is 32.0 Å². The highest BCUT2D eigenvalue weighted by molar-refractivity contribution is 5.57. The van der Waals surface area contributed by atoms with Gasteiger partial charge in [-0.25, -0.2) is 0 Å². The molecule has 0 bridgehead atoms. The molecule has 1 aromatic carbocycles. The molecule has 3 heteroatoms. The zero-order chi connectivity index (χ0) is 10.6. The average Bonchev–Trinajstić information content (AvgIpc) is 2.20. The molecule has 0 spiro atoms. The summed E-state index contributed by atoms with van der Waals surface area (Å²) in [7, 11) is 0. The number of nitrogens with two attached hydrogens (primary N) is 1. The number of aliphatic hydroxyl groups excluding tert-OH is 1. The topological polar surface area (TPSA) is 55.5 Å². The summed E-state index contributed by atoms with van der Waals surface area (Å²) in [6.07, 6.45) is 0. The molecular formula is C11H17NO2. The fourth-order valence-electron chi connectivity index (χ4n) is 1.06. The average molecular weight is 195 g/mol. The van der Waals surface area contributed by atoms with Gasteiger partial charge in [0.2, 0.25) is 0 Å². The molecule has 3 N–H and O–H groups in total. The maximum atomic E-state index is 8.83. The van der Waals surface area contributed by atoms with Crippen molar-refractivity contribution in [3.05, 3.63) is 23.8 Å². The van der Waals surface area contributed by atoms with Crippen LogP contribution in [0.3, 0.4) is 0 Å². The third kappa shape index (κ3) is 2.64. The van der Waals surface area contributed by atoms with Gasteiger partial charge in [-0.05, 0) is 18.6 Å². The third-order valence-corrected chi connectivity index (χ3v) is 2.12. The Morgan fingerprint density at radius 3 is 2.86 bits per heavy atom. The predicted molar refractivity (Wildman–Crippen MR) is 57.3 cm³/mol. The molecule has 1 atom stereocenters. The third-order valence-electron chi connectivity index (χ3n) is 2.12. The van der Waals surface area contributed by atoms with Gasteiger partial charge >= 0.3 is 0 Å². The SMILES string of the molecule is Cc1cccc(OCC(C)CO)c1N. The van der Waals surface area contributed by atoms with Gasteiger partial charge in [0, 0.05) is 12.5 Å². The Hall–Kier alpha value is -1.22. The van der Waals surface area contributed by atoms with Crippen molar-refractivity contribution in [1.29, 1.82) is 0 Å². The lowest BCUT2D eigenvalue weighted by Crippen LogP contribution is -2.13. The highest BCUT2D eigenvalue weighted by atomic mass is 16.5. The largest absolute Gasteiger partial charge is 0.491 e. The Bertz CT molecular complexity index is 299. The van der Waals surface area contributed by atoms with Crippen LogP contribution in [0.5, 0.6) is 5.75 Å². The van der Waals surface area contributed by atoms with E-state index in [-0.39, 0.29) is 12.5 Å². The minimum absolute atomic E-state index is 0.131. The summed E-state index contributed by atoms with van der Waals surface area (Å²) in [5.41, 5.74) is 7.51. The van der Waals surface area contributed by atoms with Crippen molar-refractivity contribution in [2.45, 2.75) is 13.8 Å². The lowest BCUT2D eigenvalue weighted by atomic mass is 10.2. The van der Waals surface area contributed by atoms with Gasteiger partial charge in [0.15, 0.2) is 0 Å². The summed E-state index contributed by atoms with van der Waals surface area (Å²) in [5.74, 6) is 0.834. The first-order valence-electron chi connectivity index (χ1n) is 4.74. The molecular weight excluding hydrogens is 178 g/mol. The van der Waals surface area contributed by atoms with Gasteiger partial charge in [-0.1, -0.05) is 19.1 Å². The predicted octanol–water partition coefficient (Wildman–Crippen LogP) is 1.58. The monoisotopic (exact) mass is 195 g/mol. The van der Waals surface area contributed by atoms with E-state index in [0.29, 0.717) is 18.0 Å². The Morgan fingerprint density at radius 2 is 2.21 bits per heavy atom. The van der Waals surface area contributed by atoms with E-state index in [9.17, 15) is 0 Å². The number of aryl methyl sites for hydroxylation is 1. The van der Waals surface area contributed by atoms with Crippen LogP contribution in [0.1, 0.15) is 12.5 Å². The normalized spacial score (nSPS) is 12.5. The van der Waals surface area contributed by atoms with Crippen LogP contribution in [0.2, 0.25) is 0 Å². The maximum Gasteiger partial charge on any atom is 0.142 e. The minimum Gasteiger partial charge on any atom is -0.491 e. The number of rotatable bonds is 4. The van der Waals surface area contributed by atoms with E-state index in [4.69, 9.17) is 15.6 Å². The molecule has 78 valence electrons. The molecule has 3 nitrogen and oxygen atoms in total. The number of ether oxygens (including phenoxy) is 1. The van der Waals surface area contributed by atoms with E-state index in [0.717, 1.165) is 5.56 Å². The lowest BCUT2D eigenvalue weighted by molar-refractivity contribution is 0.175. The summed E-state index contributed by atoms with van der Waals surface area (Å²) in [6.45, 7) is 4.49. The van der Waals surface area contributed by atoms with Crippen LogP contribution in [-0.4, -0.2) is 18.3 Å². The molecule has 0 aliphatic carbocycles. The van der Waals surface area contributed by atoms with E-state index >= 15 is 0 Å². The van der Waals surface area contributed by atoms with Crippen molar-refractivity contribution in [1.82, 2.24) is 0 Å². The van der Waals surface area contributed by atoms with Gasteiger partial charge in [0.25, 0.3) is 0 Å². The van der Waals surface area contributed by atoms with E-state index < -0.39 is 0 Å². The van der Waals surface area contributed by atoms with Crippen LogP contribution in [0.25, 0.3) is 0 Å². The molecule has 0 heterocycles. The lowest BCUT2D eigenvalue weighted by Gasteiger charge is -2.13. The number of aliphatic hydroxyl groups is 1. The molecule has 0 amide bonds. The molecule has 1 unspecified atom stereocenters. The van der Waals surface area contributed by atoms with Gasteiger partial charge in [-0.2, -0.15) is 0 Å². The zero-order valence-corrected chi connectivity index (χ0v) is 8.66. The number of benzene rings is 1. The second-order valence-corrected chi connectivity index (χ2v) is 3.59. The molecule has 14 heavy (non-hydrogen) atoms. The molecule has 0 aromatic heterocycles. The quantitative estimate of drug-likeness (QED) is 0.717. The van der Waals surface area contributed by atoms with Gasteiger partial charge < -0.3 is 15.6 Å². The zero-order valence-electron chi connectivity index (χ0n) is 8.66. The molecule has 1 aromatic rings. The van der Waals surface area contributed by atoms with Crippen LogP contribution in [0.15, 0.2) is 18.2 Å². The fraction of sp³-hybridized carbons (Fsp3) is 0.455. The first-order chi connectivity index (χ1) is 6.65. The molecule has 0 fully saturated rings. The second kappa shape index (κ2) is 4.86. The fourth-order valence-corrected chi connectivity index (χ4v) is 1.06. The number of hydrogen-bond acceptors (Lipinski definition) is 3. The van der Waals surface area contributed by atoms with Crippen molar-refractivity contribution in [3.63, 3.8) is 0 Å². The van der Waals surface area contributed by atoms with Crippen molar-refractivity contribution in [2.75, 3.05) is 18.9 Å². The molecule has 0 aliphatic heterocycles. The number of nitrogen functional groups attached to an aromatic ring is 1.